The zero-order valence-electron chi connectivity index (χ0n) is 14.4. The Hall–Kier alpha value is -1.77. The van der Waals surface area contributed by atoms with Crippen molar-refractivity contribution in [3.05, 3.63) is 17.6 Å². The van der Waals surface area contributed by atoms with E-state index in [1.807, 2.05) is 11.7 Å². The highest BCUT2D eigenvalue weighted by Gasteiger charge is 2.26. The van der Waals surface area contributed by atoms with Gasteiger partial charge in [-0.05, 0) is 19.0 Å². The highest BCUT2D eigenvalue weighted by Crippen LogP contribution is 2.36. The second-order valence-electron chi connectivity index (χ2n) is 6.65. The average Bonchev–Trinajstić information content (AvgIpc) is 3.24. The fourth-order valence-corrected chi connectivity index (χ4v) is 4.16. The van der Waals surface area contributed by atoms with Crippen LogP contribution in [0.15, 0.2) is 10.6 Å². The SMILES string of the molecule is CC(C)c1nn(C)c2sc(-c3nc(C4CNCCN4C)no3)cc12. The molecule has 0 radical (unpaired) electrons. The molecule has 1 unspecified atom stereocenters. The number of hydrogen-bond acceptors (Lipinski definition) is 7. The molecule has 24 heavy (non-hydrogen) atoms. The van der Waals surface area contributed by atoms with E-state index in [4.69, 9.17) is 4.52 Å². The van der Waals surface area contributed by atoms with Gasteiger partial charge in [0.1, 0.15) is 4.83 Å². The van der Waals surface area contributed by atoms with E-state index in [-0.39, 0.29) is 6.04 Å². The fourth-order valence-electron chi connectivity index (χ4n) is 3.16. The molecule has 1 atom stereocenters. The maximum atomic E-state index is 5.56. The summed E-state index contributed by atoms with van der Waals surface area (Å²) in [6.07, 6.45) is 0. The monoisotopic (exact) mass is 346 g/mol. The standard InChI is InChI=1S/C16H22N6OS/c1-9(2)13-10-7-12(24-16(10)22(4)19-13)15-18-14(20-23-15)11-8-17-5-6-21(11)3/h7,9,11,17H,5-6,8H2,1-4H3. The zero-order valence-corrected chi connectivity index (χ0v) is 15.2. The number of fused-ring (bicyclic) bond motifs is 1. The van der Waals surface area contributed by atoms with E-state index in [1.165, 1.54) is 5.39 Å². The minimum absolute atomic E-state index is 0.165. The molecule has 1 aliphatic heterocycles. The first-order valence-electron chi connectivity index (χ1n) is 8.26. The van der Waals surface area contributed by atoms with Crippen LogP contribution >= 0.6 is 11.3 Å². The normalized spacial score (nSPS) is 19.6. The first kappa shape index (κ1) is 15.7. The lowest BCUT2D eigenvalue weighted by molar-refractivity contribution is 0.190. The molecule has 0 amide bonds. The van der Waals surface area contributed by atoms with Crippen LogP contribution in [0.1, 0.15) is 37.3 Å². The lowest BCUT2D eigenvalue weighted by Gasteiger charge is -2.30. The molecule has 128 valence electrons. The third-order valence-corrected chi connectivity index (χ3v) is 5.74. The number of rotatable bonds is 3. The topological polar surface area (TPSA) is 72.0 Å². The van der Waals surface area contributed by atoms with Gasteiger partial charge in [-0.15, -0.1) is 11.3 Å². The Kier molecular flexibility index (Phi) is 3.90. The molecule has 1 saturated heterocycles. The first-order valence-corrected chi connectivity index (χ1v) is 9.07. The van der Waals surface area contributed by atoms with E-state index in [2.05, 4.69) is 52.4 Å². The minimum atomic E-state index is 0.165. The van der Waals surface area contributed by atoms with E-state index in [0.29, 0.717) is 11.8 Å². The Morgan fingerprint density at radius 1 is 1.38 bits per heavy atom. The zero-order chi connectivity index (χ0) is 16.8. The van der Waals surface area contributed by atoms with Gasteiger partial charge in [-0.25, -0.2) is 0 Å². The molecule has 1 N–H and O–H groups in total. The number of nitrogens with zero attached hydrogens (tertiary/aromatic N) is 5. The van der Waals surface area contributed by atoms with Gasteiger partial charge in [0.05, 0.1) is 16.6 Å². The highest BCUT2D eigenvalue weighted by molar-refractivity contribution is 7.21. The van der Waals surface area contributed by atoms with Crippen molar-refractivity contribution in [3.63, 3.8) is 0 Å². The predicted molar refractivity (Wildman–Crippen MR) is 94.2 cm³/mol. The summed E-state index contributed by atoms with van der Waals surface area (Å²) in [6, 6.07) is 2.29. The number of nitrogens with one attached hydrogen (secondary N) is 1. The van der Waals surface area contributed by atoms with Gasteiger partial charge in [0.15, 0.2) is 5.82 Å². The summed E-state index contributed by atoms with van der Waals surface area (Å²) in [5.74, 6) is 1.73. The second-order valence-corrected chi connectivity index (χ2v) is 7.68. The highest BCUT2D eigenvalue weighted by atomic mass is 32.1. The van der Waals surface area contributed by atoms with Crippen LogP contribution in [0.5, 0.6) is 0 Å². The Morgan fingerprint density at radius 3 is 2.96 bits per heavy atom. The molecule has 0 bridgehead atoms. The van der Waals surface area contributed by atoms with Crippen molar-refractivity contribution in [2.24, 2.45) is 7.05 Å². The first-order chi connectivity index (χ1) is 11.5. The van der Waals surface area contributed by atoms with Crippen LogP contribution < -0.4 is 5.32 Å². The lowest BCUT2D eigenvalue weighted by atomic mass is 10.1. The van der Waals surface area contributed by atoms with Crippen molar-refractivity contribution >= 4 is 21.6 Å². The molecule has 3 aromatic heterocycles. The molecular formula is C16H22N6OS. The van der Waals surface area contributed by atoms with Gasteiger partial charge in [0.2, 0.25) is 0 Å². The van der Waals surface area contributed by atoms with Gasteiger partial charge in [-0.1, -0.05) is 19.0 Å². The van der Waals surface area contributed by atoms with Crippen LogP contribution in [0.3, 0.4) is 0 Å². The van der Waals surface area contributed by atoms with Crippen molar-refractivity contribution in [2.75, 3.05) is 26.7 Å². The summed E-state index contributed by atoms with van der Waals surface area (Å²) < 4.78 is 7.50. The molecule has 1 aliphatic rings. The minimum Gasteiger partial charge on any atom is -0.333 e. The second kappa shape index (κ2) is 5.94. The van der Waals surface area contributed by atoms with Crippen molar-refractivity contribution in [3.8, 4) is 10.8 Å². The summed E-state index contributed by atoms with van der Waals surface area (Å²) in [4.78, 5) is 9.06. The summed E-state index contributed by atoms with van der Waals surface area (Å²) in [6.45, 7) is 7.16. The molecule has 0 spiro atoms. The van der Waals surface area contributed by atoms with Crippen molar-refractivity contribution < 1.29 is 4.52 Å². The smallest absolute Gasteiger partial charge is 0.268 e. The Bertz CT molecular complexity index is 863. The Morgan fingerprint density at radius 2 is 2.21 bits per heavy atom. The van der Waals surface area contributed by atoms with Crippen LogP contribution in [-0.4, -0.2) is 51.5 Å². The summed E-state index contributed by atoms with van der Waals surface area (Å²) >= 11 is 1.65. The van der Waals surface area contributed by atoms with E-state index in [1.54, 1.807) is 11.3 Å². The Balaban J connectivity index is 1.69. The van der Waals surface area contributed by atoms with Crippen molar-refractivity contribution in [1.29, 1.82) is 0 Å². The number of aromatic nitrogens is 4. The lowest BCUT2D eigenvalue weighted by Crippen LogP contribution is -2.44. The van der Waals surface area contributed by atoms with E-state index in [9.17, 15) is 0 Å². The Labute approximate surface area is 144 Å². The van der Waals surface area contributed by atoms with E-state index < -0.39 is 0 Å². The van der Waals surface area contributed by atoms with Crippen LogP contribution in [-0.2, 0) is 7.05 Å². The van der Waals surface area contributed by atoms with Crippen molar-refractivity contribution in [2.45, 2.75) is 25.8 Å². The van der Waals surface area contributed by atoms with E-state index in [0.717, 1.165) is 40.9 Å². The number of likely N-dealkylation sites (N-methyl/N-ethyl adjacent to an activating group) is 1. The van der Waals surface area contributed by atoms with Crippen LogP contribution in [0.4, 0.5) is 0 Å². The van der Waals surface area contributed by atoms with Gasteiger partial charge in [0.25, 0.3) is 5.89 Å². The van der Waals surface area contributed by atoms with Gasteiger partial charge in [0, 0.05) is 32.1 Å². The molecule has 3 aromatic rings. The largest absolute Gasteiger partial charge is 0.333 e. The average molecular weight is 346 g/mol. The van der Waals surface area contributed by atoms with Crippen LogP contribution in [0.25, 0.3) is 21.0 Å². The van der Waals surface area contributed by atoms with Crippen LogP contribution in [0, 0.1) is 0 Å². The van der Waals surface area contributed by atoms with Gasteiger partial charge < -0.3 is 9.84 Å². The van der Waals surface area contributed by atoms with Gasteiger partial charge in [-0.2, -0.15) is 10.1 Å². The molecule has 7 nitrogen and oxygen atoms in total. The van der Waals surface area contributed by atoms with Gasteiger partial charge in [-0.3, -0.25) is 9.58 Å². The molecule has 4 heterocycles. The third-order valence-electron chi connectivity index (χ3n) is 4.55. The fraction of sp³-hybridized carbons (Fsp3) is 0.562. The molecule has 0 aliphatic carbocycles. The number of aryl methyl sites for hydroxylation is 1. The number of piperazine rings is 1. The third kappa shape index (κ3) is 2.54. The molecule has 0 saturated carbocycles. The summed E-state index contributed by atoms with van der Waals surface area (Å²) in [5, 5.41) is 13.4. The number of hydrogen-bond donors (Lipinski definition) is 1. The predicted octanol–water partition coefficient (Wildman–Crippen LogP) is 2.38. The molecule has 4 rings (SSSR count). The molecular weight excluding hydrogens is 324 g/mol. The molecule has 1 fully saturated rings. The molecule has 0 aromatic carbocycles. The summed E-state index contributed by atoms with van der Waals surface area (Å²) in [7, 11) is 4.08. The summed E-state index contributed by atoms with van der Waals surface area (Å²) in [5.41, 5.74) is 1.12. The molecule has 8 heteroatoms. The van der Waals surface area contributed by atoms with Gasteiger partial charge >= 0.3 is 0 Å². The number of thiophene rings is 1. The van der Waals surface area contributed by atoms with Crippen molar-refractivity contribution in [1.82, 2.24) is 30.1 Å². The van der Waals surface area contributed by atoms with E-state index >= 15 is 0 Å². The maximum Gasteiger partial charge on any atom is 0.268 e. The maximum absolute atomic E-state index is 5.56. The van der Waals surface area contributed by atoms with Crippen LogP contribution in [0.2, 0.25) is 0 Å². The quantitative estimate of drug-likeness (QED) is 0.785.